The largest absolute Gasteiger partial charge is 0.296 e. The molecule has 0 spiro atoms. The van der Waals surface area contributed by atoms with Crippen LogP contribution in [0, 0.1) is 5.82 Å². The van der Waals surface area contributed by atoms with Crippen molar-refractivity contribution in [2.45, 2.75) is 32.7 Å². The summed E-state index contributed by atoms with van der Waals surface area (Å²) in [4.78, 5) is 6.55. The highest BCUT2D eigenvalue weighted by atomic mass is 32.2. The first-order chi connectivity index (χ1) is 12.5. The third-order valence-corrected chi connectivity index (χ3v) is 6.83. The van der Waals surface area contributed by atoms with Gasteiger partial charge in [0.25, 0.3) is 0 Å². The van der Waals surface area contributed by atoms with Crippen LogP contribution in [0.4, 0.5) is 4.39 Å². The maximum Gasteiger partial charge on any atom is 0.214 e. The van der Waals surface area contributed by atoms with Gasteiger partial charge in [0.2, 0.25) is 10.0 Å². The number of rotatable bonds is 7. The van der Waals surface area contributed by atoms with E-state index in [0.29, 0.717) is 32.7 Å². The molecule has 1 aliphatic heterocycles. The van der Waals surface area contributed by atoms with Crippen molar-refractivity contribution in [3.63, 3.8) is 0 Å². The van der Waals surface area contributed by atoms with E-state index in [-0.39, 0.29) is 11.6 Å². The van der Waals surface area contributed by atoms with Crippen molar-refractivity contribution in [2.24, 2.45) is 0 Å². The van der Waals surface area contributed by atoms with Gasteiger partial charge in [-0.3, -0.25) is 9.88 Å². The Hall–Kier alpha value is -1.57. The van der Waals surface area contributed by atoms with Gasteiger partial charge in [-0.1, -0.05) is 25.8 Å². The second-order valence-electron chi connectivity index (χ2n) is 6.84. The SMILES string of the molecule is CCCCCS(=O)(=O)N1CCN(Cc2cc(F)cc3cccnc23)CC1. The summed E-state index contributed by atoms with van der Waals surface area (Å²) >= 11 is 0. The Morgan fingerprint density at radius 2 is 1.92 bits per heavy atom. The van der Waals surface area contributed by atoms with Crippen LogP contribution in [0.2, 0.25) is 0 Å². The summed E-state index contributed by atoms with van der Waals surface area (Å²) in [6.45, 7) is 4.94. The van der Waals surface area contributed by atoms with Gasteiger partial charge in [-0.05, 0) is 30.2 Å². The Morgan fingerprint density at radius 1 is 1.15 bits per heavy atom. The maximum atomic E-state index is 13.9. The van der Waals surface area contributed by atoms with Gasteiger partial charge in [0, 0.05) is 44.3 Å². The highest BCUT2D eigenvalue weighted by Gasteiger charge is 2.26. The first-order valence-corrected chi connectivity index (χ1v) is 10.8. The minimum atomic E-state index is -3.16. The highest BCUT2D eigenvalue weighted by Crippen LogP contribution is 2.21. The smallest absolute Gasteiger partial charge is 0.214 e. The number of unbranched alkanes of at least 4 members (excludes halogenated alkanes) is 2. The van der Waals surface area contributed by atoms with Crippen molar-refractivity contribution < 1.29 is 12.8 Å². The Kier molecular flexibility index (Phi) is 6.21. The van der Waals surface area contributed by atoms with Crippen LogP contribution in [-0.2, 0) is 16.6 Å². The molecule has 142 valence electrons. The Labute approximate surface area is 154 Å². The van der Waals surface area contributed by atoms with E-state index in [1.54, 1.807) is 16.6 Å². The lowest BCUT2D eigenvalue weighted by Crippen LogP contribution is -2.48. The van der Waals surface area contributed by atoms with E-state index in [2.05, 4.69) is 16.8 Å². The number of pyridine rings is 1. The molecule has 26 heavy (non-hydrogen) atoms. The van der Waals surface area contributed by atoms with Crippen LogP contribution in [0.25, 0.3) is 10.9 Å². The molecular weight excluding hydrogens is 353 g/mol. The van der Waals surface area contributed by atoms with E-state index in [1.807, 2.05) is 6.07 Å². The summed E-state index contributed by atoms with van der Waals surface area (Å²) in [5, 5.41) is 0.791. The second kappa shape index (κ2) is 8.41. The van der Waals surface area contributed by atoms with Gasteiger partial charge < -0.3 is 0 Å². The maximum absolute atomic E-state index is 13.9. The predicted octanol–water partition coefficient (Wildman–Crippen LogP) is 3.01. The summed E-state index contributed by atoms with van der Waals surface area (Å²) in [6, 6.07) is 6.68. The lowest BCUT2D eigenvalue weighted by atomic mass is 10.1. The molecule has 1 aromatic heterocycles. The van der Waals surface area contributed by atoms with Crippen LogP contribution in [-0.4, -0.2) is 54.5 Å². The Morgan fingerprint density at radius 3 is 2.65 bits per heavy atom. The normalized spacial score (nSPS) is 17.0. The molecule has 1 aromatic carbocycles. The van der Waals surface area contributed by atoms with Gasteiger partial charge in [-0.2, -0.15) is 4.31 Å². The number of fused-ring (bicyclic) bond motifs is 1. The van der Waals surface area contributed by atoms with Gasteiger partial charge in [0.1, 0.15) is 5.82 Å². The van der Waals surface area contributed by atoms with Crippen LogP contribution in [0.5, 0.6) is 0 Å². The summed E-state index contributed by atoms with van der Waals surface area (Å²) in [6.07, 6.45) is 4.39. The van der Waals surface area contributed by atoms with Crippen molar-refractivity contribution in [1.29, 1.82) is 0 Å². The lowest BCUT2D eigenvalue weighted by Gasteiger charge is -2.34. The zero-order valence-corrected chi connectivity index (χ0v) is 16.0. The molecule has 0 radical (unpaired) electrons. The molecule has 0 saturated carbocycles. The molecule has 0 unspecified atom stereocenters. The van der Waals surface area contributed by atoms with Gasteiger partial charge in [-0.25, -0.2) is 12.8 Å². The monoisotopic (exact) mass is 379 g/mol. The standard InChI is InChI=1S/C19H26FN3O2S/c1-2-3-4-12-26(24,25)23-10-8-22(9-11-23)15-17-14-18(20)13-16-6-5-7-21-19(16)17/h5-7,13-14H,2-4,8-12,15H2,1H3. The quantitative estimate of drug-likeness (QED) is 0.694. The van der Waals surface area contributed by atoms with E-state index in [9.17, 15) is 12.8 Å². The fourth-order valence-corrected chi connectivity index (χ4v) is 4.97. The molecular formula is C19H26FN3O2S. The molecule has 7 heteroatoms. The Balaban J connectivity index is 1.63. The molecule has 3 rings (SSSR count). The highest BCUT2D eigenvalue weighted by molar-refractivity contribution is 7.89. The zero-order chi connectivity index (χ0) is 18.6. The first-order valence-electron chi connectivity index (χ1n) is 9.23. The summed E-state index contributed by atoms with van der Waals surface area (Å²) < 4.78 is 40.3. The number of sulfonamides is 1. The summed E-state index contributed by atoms with van der Waals surface area (Å²) in [5.74, 6) is -0.0307. The van der Waals surface area contributed by atoms with Crippen molar-refractivity contribution in [3.05, 3.63) is 41.8 Å². The van der Waals surface area contributed by atoms with E-state index >= 15 is 0 Å². The molecule has 0 N–H and O–H groups in total. The molecule has 0 atom stereocenters. The lowest BCUT2D eigenvalue weighted by molar-refractivity contribution is 0.182. The number of nitrogens with zero attached hydrogens (tertiary/aromatic N) is 3. The van der Waals surface area contributed by atoms with Gasteiger partial charge in [0.05, 0.1) is 11.3 Å². The molecule has 0 aliphatic carbocycles. The van der Waals surface area contributed by atoms with Crippen LogP contribution < -0.4 is 0 Å². The molecule has 5 nitrogen and oxygen atoms in total. The van der Waals surface area contributed by atoms with E-state index < -0.39 is 10.0 Å². The summed E-state index contributed by atoms with van der Waals surface area (Å²) in [5.41, 5.74) is 1.66. The van der Waals surface area contributed by atoms with E-state index in [0.717, 1.165) is 35.7 Å². The van der Waals surface area contributed by atoms with Crippen molar-refractivity contribution in [3.8, 4) is 0 Å². The third-order valence-electron chi connectivity index (χ3n) is 4.87. The number of piperazine rings is 1. The fourth-order valence-electron chi connectivity index (χ4n) is 3.42. The van der Waals surface area contributed by atoms with E-state index in [4.69, 9.17) is 0 Å². The second-order valence-corrected chi connectivity index (χ2v) is 8.93. The average molecular weight is 380 g/mol. The number of benzene rings is 1. The molecule has 2 aromatic rings. The summed E-state index contributed by atoms with van der Waals surface area (Å²) in [7, 11) is -3.16. The Bertz CT molecular complexity index is 849. The van der Waals surface area contributed by atoms with E-state index in [1.165, 1.54) is 12.1 Å². The van der Waals surface area contributed by atoms with Crippen LogP contribution in [0.1, 0.15) is 31.7 Å². The molecule has 2 heterocycles. The molecule has 0 bridgehead atoms. The molecule has 1 fully saturated rings. The minimum absolute atomic E-state index is 0.235. The fraction of sp³-hybridized carbons (Fsp3) is 0.526. The van der Waals surface area contributed by atoms with Crippen molar-refractivity contribution in [2.75, 3.05) is 31.9 Å². The number of aromatic nitrogens is 1. The average Bonchev–Trinajstić information content (AvgIpc) is 2.62. The minimum Gasteiger partial charge on any atom is -0.296 e. The van der Waals surface area contributed by atoms with Crippen LogP contribution in [0.3, 0.4) is 0 Å². The predicted molar refractivity (Wildman–Crippen MR) is 102 cm³/mol. The van der Waals surface area contributed by atoms with Gasteiger partial charge in [-0.15, -0.1) is 0 Å². The molecule has 1 saturated heterocycles. The van der Waals surface area contributed by atoms with Gasteiger partial charge >= 0.3 is 0 Å². The van der Waals surface area contributed by atoms with Crippen LogP contribution in [0.15, 0.2) is 30.5 Å². The number of hydrogen-bond acceptors (Lipinski definition) is 4. The topological polar surface area (TPSA) is 53.5 Å². The first kappa shape index (κ1) is 19.2. The van der Waals surface area contributed by atoms with Crippen molar-refractivity contribution in [1.82, 2.24) is 14.2 Å². The number of halogens is 1. The van der Waals surface area contributed by atoms with Crippen LogP contribution >= 0.6 is 0 Å². The molecule has 1 aliphatic rings. The van der Waals surface area contributed by atoms with Gasteiger partial charge in [0.15, 0.2) is 0 Å². The zero-order valence-electron chi connectivity index (χ0n) is 15.2. The third kappa shape index (κ3) is 4.58. The number of hydrogen-bond donors (Lipinski definition) is 0. The molecule has 0 amide bonds. The van der Waals surface area contributed by atoms with Crippen molar-refractivity contribution >= 4 is 20.9 Å².